The van der Waals surface area contributed by atoms with Crippen molar-refractivity contribution in [3.05, 3.63) is 23.8 Å². The van der Waals surface area contributed by atoms with Crippen LogP contribution in [0.4, 0.5) is 0 Å². The first-order chi connectivity index (χ1) is 12.0. The molecule has 0 radical (unpaired) electrons. The fraction of sp³-hybridized carbons (Fsp3) is 0.579. The molecule has 2 saturated heterocycles. The number of carbonyl (C=O) groups excluding carboxylic acids is 2. The third-order valence-electron chi connectivity index (χ3n) is 5.48. The summed E-state index contributed by atoms with van der Waals surface area (Å²) in [6.07, 6.45) is 2.68. The highest BCUT2D eigenvalue weighted by Crippen LogP contribution is 2.32. The van der Waals surface area contributed by atoms with Gasteiger partial charge in [-0.05, 0) is 36.5 Å². The molecule has 6 heteroatoms. The molecule has 1 aromatic carbocycles. The van der Waals surface area contributed by atoms with Crippen molar-refractivity contribution < 1.29 is 19.1 Å². The number of rotatable bonds is 5. The topological polar surface area (TPSA) is 59.1 Å². The van der Waals surface area contributed by atoms with E-state index in [9.17, 15) is 9.59 Å². The summed E-state index contributed by atoms with van der Waals surface area (Å²) in [5, 5.41) is 0. The van der Waals surface area contributed by atoms with Crippen LogP contribution in [-0.4, -0.2) is 62.0 Å². The number of likely N-dealkylation sites (N-methyl/N-ethyl adjacent to an activating group) is 1. The zero-order valence-corrected chi connectivity index (χ0v) is 15.2. The molecule has 136 valence electrons. The van der Waals surface area contributed by atoms with E-state index in [0.717, 1.165) is 18.5 Å². The number of nitrogens with zero attached hydrogens (tertiary/aromatic N) is 2. The first-order valence-electron chi connectivity index (χ1n) is 8.77. The summed E-state index contributed by atoms with van der Waals surface area (Å²) in [4.78, 5) is 28.2. The van der Waals surface area contributed by atoms with Gasteiger partial charge in [0, 0.05) is 33.0 Å². The number of benzene rings is 1. The number of hydrogen-bond acceptors (Lipinski definition) is 4. The van der Waals surface area contributed by atoms with Gasteiger partial charge in [-0.2, -0.15) is 0 Å². The maximum Gasteiger partial charge on any atom is 0.222 e. The minimum absolute atomic E-state index is 0.154. The average molecular weight is 346 g/mol. The number of aryl methyl sites for hydroxylation is 1. The molecule has 0 unspecified atom stereocenters. The molecule has 2 heterocycles. The first-order valence-corrected chi connectivity index (χ1v) is 8.77. The fourth-order valence-electron chi connectivity index (χ4n) is 3.88. The zero-order valence-electron chi connectivity index (χ0n) is 15.2. The van der Waals surface area contributed by atoms with Crippen LogP contribution < -0.4 is 9.47 Å². The van der Waals surface area contributed by atoms with Gasteiger partial charge in [0.15, 0.2) is 11.5 Å². The Bertz CT molecular complexity index is 661. The molecule has 25 heavy (non-hydrogen) atoms. The molecule has 0 aromatic heterocycles. The number of methoxy groups -OCH3 is 2. The Balaban J connectivity index is 1.57. The predicted molar refractivity (Wildman–Crippen MR) is 93.7 cm³/mol. The summed E-state index contributed by atoms with van der Waals surface area (Å²) >= 11 is 0. The van der Waals surface area contributed by atoms with E-state index < -0.39 is 0 Å². The minimum atomic E-state index is 0.154. The molecule has 2 atom stereocenters. The van der Waals surface area contributed by atoms with Crippen LogP contribution in [0.1, 0.15) is 24.8 Å². The summed E-state index contributed by atoms with van der Waals surface area (Å²) < 4.78 is 10.5. The normalized spacial score (nSPS) is 22.8. The van der Waals surface area contributed by atoms with Crippen molar-refractivity contribution in [1.29, 1.82) is 0 Å². The number of ether oxygens (including phenoxy) is 2. The Labute approximate surface area is 148 Å². The molecule has 3 rings (SSSR count). The van der Waals surface area contributed by atoms with Crippen LogP contribution in [0.3, 0.4) is 0 Å². The first kappa shape index (κ1) is 17.6. The number of carbonyl (C=O) groups is 2. The van der Waals surface area contributed by atoms with Crippen molar-refractivity contribution in [3.63, 3.8) is 0 Å². The maximum atomic E-state index is 12.6. The Kier molecular flexibility index (Phi) is 5.16. The Hall–Kier alpha value is -2.24. The molecule has 0 aliphatic carbocycles. The highest BCUT2D eigenvalue weighted by molar-refractivity contribution is 5.80. The maximum absolute atomic E-state index is 12.6. The van der Waals surface area contributed by atoms with Gasteiger partial charge < -0.3 is 19.3 Å². The Morgan fingerprint density at radius 1 is 1.24 bits per heavy atom. The van der Waals surface area contributed by atoms with E-state index in [-0.39, 0.29) is 17.9 Å². The molecule has 2 aliphatic rings. The number of piperidine rings is 1. The third-order valence-corrected chi connectivity index (χ3v) is 5.48. The summed E-state index contributed by atoms with van der Waals surface area (Å²) in [7, 11) is 5.07. The van der Waals surface area contributed by atoms with Crippen molar-refractivity contribution in [1.82, 2.24) is 9.80 Å². The fourth-order valence-corrected chi connectivity index (χ4v) is 3.88. The lowest BCUT2D eigenvalue weighted by molar-refractivity contribution is -0.135. The van der Waals surface area contributed by atoms with Gasteiger partial charge >= 0.3 is 0 Å². The molecule has 0 N–H and O–H groups in total. The van der Waals surface area contributed by atoms with Crippen LogP contribution in [0.2, 0.25) is 0 Å². The van der Waals surface area contributed by atoms with E-state index >= 15 is 0 Å². The van der Waals surface area contributed by atoms with E-state index in [2.05, 4.69) is 0 Å². The van der Waals surface area contributed by atoms with Crippen molar-refractivity contribution in [2.75, 3.05) is 34.4 Å². The lowest BCUT2D eigenvalue weighted by atomic mass is 9.92. The van der Waals surface area contributed by atoms with Gasteiger partial charge in [0.1, 0.15) is 0 Å². The highest BCUT2D eigenvalue weighted by Gasteiger charge is 2.41. The summed E-state index contributed by atoms with van der Waals surface area (Å²) in [6.45, 7) is 1.42. The average Bonchev–Trinajstić information content (AvgIpc) is 2.93. The van der Waals surface area contributed by atoms with Crippen molar-refractivity contribution in [3.8, 4) is 11.5 Å². The van der Waals surface area contributed by atoms with Crippen molar-refractivity contribution in [2.24, 2.45) is 5.92 Å². The molecule has 2 fully saturated rings. The SMILES string of the molecule is COc1ccc(CCC(=O)N2CC[C@@H]3CC(=O)N(C)[C@@H]3C2)cc1OC. The second-order valence-electron chi connectivity index (χ2n) is 6.85. The van der Waals surface area contributed by atoms with Crippen LogP contribution in [0.5, 0.6) is 11.5 Å². The second-order valence-corrected chi connectivity index (χ2v) is 6.85. The number of likely N-dealkylation sites (tertiary alicyclic amines) is 2. The van der Waals surface area contributed by atoms with E-state index in [1.54, 1.807) is 14.2 Å². The van der Waals surface area contributed by atoms with Crippen molar-refractivity contribution >= 4 is 11.8 Å². The van der Waals surface area contributed by atoms with Gasteiger partial charge in [0.05, 0.1) is 20.3 Å². The van der Waals surface area contributed by atoms with E-state index in [0.29, 0.717) is 43.2 Å². The van der Waals surface area contributed by atoms with Gasteiger partial charge in [-0.25, -0.2) is 0 Å². The van der Waals surface area contributed by atoms with Crippen LogP contribution in [0.25, 0.3) is 0 Å². The quantitative estimate of drug-likeness (QED) is 0.814. The number of fused-ring (bicyclic) bond motifs is 1. The zero-order chi connectivity index (χ0) is 18.0. The number of amides is 2. The number of hydrogen-bond donors (Lipinski definition) is 0. The monoisotopic (exact) mass is 346 g/mol. The molecule has 0 saturated carbocycles. The molecule has 1 aromatic rings. The lowest BCUT2D eigenvalue weighted by Gasteiger charge is -2.37. The molecule has 0 spiro atoms. The van der Waals surface area contributed by atoms with E-state index in [1.807, 2.05) is 35.0 Å². The molecule has 2 aliphatic heterocycles. The molecule has 2 amide bonds. The highest BCUT2D eigenvalue weighted by atomic mass is 16.5. The Morgan fingerprint density at radius 3 is 2.72 bits per heavy atom. The van der Waals surface area contributed by atoms with Gasteiger partial charge in [0.2, 0.25) is 11.8 Å². The molecular formula is C19H26N2O4. The lowest BCUT2D eigenvalue weighted by Crippen LogP contribution is -2.49. The van der Waals surface area contributed by atoms with E-state index in [4.69, 9.17) is 9.47 Å². The third kappa shape index (κ3) is 3.57. The van der Waals surface area contributed by atoms with Gasteiger partial charge in [-0.3, -0.25) is 9.59 Å². The van der Waals surface area contributed by atoms with Gasteiger partial charge in [0.25, 0.3) is 0 Å². The van der Waals surface area contributed by atoms with Crippen molar-refractivity contribution in [2.45, 2.75) is 31.7 Å². The van der Waals surface area contributed by atoms with E-state index in [1.165, 1.54) is 0 Å². The predicted octanol–water partition coefficient (Wildman–Crippen LogP) is 1.72. The summed E-state index contributed by atoms with van der Waals surface area (Å²) in [6, 6.07) is 5.93. The minimum Gasteiger partial charge on any atom is -0.493 e. The Morgan fingerprint density at radius 2 is 2.00 bits per heavy atom. The second kappa shape index (κ2) is 7.33. The molecule has 6 nitrogen and oxygen atoms in total. The van der Waals surface area contributed by atoms with Crippen LogP contribution in [0.15, 0.2) is 18.2 Å². The van der Waals surface area contributed by atoms with Gasteiger partial charge in [-0.1, -0.05) is 6.07 Å². The summed E-state index contributed by atoms with van der Waals surface area (Å²) in [5.41, 5.74) is 1.05. The largest absolute Gasteiger partial charge is 0.493 e. The van der Waals surface area contributed by atoms with Crippen LogP contribution in [0, 0.1) is 5.92 Å². The standard InChI is InChI=1S/C19H26N2O4/c1-20-15-12-21(9-8-14(15)11-19(20)23)18(22)7-5-13-4-6-16(24-2)17(10-13)25-3/h4,6,10,14-15H,5,7-9,11-12H2,1-3H3/t14-,15-/m1/s1. The van der Waals surface area contributed by atoms with Crippen LogP contribution >= 0.6 is 0 Å². The smallest absolute Gasteiger partial charge is 0.222 e. The van der Waals surface area contributed by atoms with Crippen LogP contribution in [-0.2, 0) is 16.0 Å². The van der Waals surface area contributed by atoms with Gasteiger partial charge in [-0.15, -0.1) is 0 Å². The summed E-state index contributed by atoms with van der Waals surface area (Å²) in [5.74, 6) is 2.14. The molecular weight excluding hydrogens is 320 g/mol. The molecule has 0 bridgehead atoms.